The number of aromatic nitrogens is 1. The Morgan fingerprint density at radius 2 is 1.89 bits per heavy atom. The molecule has 0 saturated heterocycles. The number of amides is 1. The van der Waals surface area contributed by atoms with Crippen molar-refractivity contribution >= 4 is 22.4 Å². The van der Waals surface area contributed by atoms with Gasteiger partial charge in [0.05, 0.1) is 19.1 Å². The maximum Gasteiger partial charge on any atom is 0.251 e. The van der Waals surface area contributed by atoms with Gasteiger partial charge in [-0.05, 0) is 29.8 Å². The molecule has 1 heterocycles. The maximum atomic E-state index is 11.6. The molecule has 0 unspecified atom stereocenters. The smallest absolute Gasteiger partial charge is 0.251 e. The second-order valence-electron chi connectivity index (χ2n) is 5.72. The highest BCUT2D eigenvalue weighted by Crippen LogP contribution is 2.30. The molecule has 0 fully saturated rings. The highest BCUT2D eigenvalue weighted by atomic mass is 32.1. The lowest BCUT2D eigenvalue weighted by Gasteiger charge is -2.10. The minimum Gasteiger partial charge on any atom is -0.497 e. The zero-order valence-electron chi connectivity index (χ0n) is 15.4. The van der Waals surface area contributed by atoms with E-state index in [1.165, 1.54) is 0 Å². The summed E-state index contributed by atoms with van der Waals surface area (Å²) < 4.78 is 10.6. The summed E-state index contributed by atoms with van der Waals surface area (Å²) in [6, 6.07) is 13.2. The number of carbonyl (C=O) groups is 1. The molecule has 0 atom stereocenters. The standard InChI is InChI=1S/C20H21N3O3S/c1-21-19(24)14-6-4-13(5-7-14)18-12-23-20(27-18)22-11-15-8-9-16(25-2)10-17(15)26-3/h4-10,12H,11H2,1-3H3,(H,21,24)(H,22,23). The van der Waals surface area contributed by atoms with Crippen molar-refractivity contribution in [3.63, 3.8) is 0 Å². The molecule has 27 heavy (non-hydrogen) atoms. The van der Waals surface area contributed by atoms with E-state index >= 15 is 0 Å². The normalized spacial score (nSPS) is 10.3. The van der Waals surface area contributed by atoms with Crippen molar-refractivity contribution < 1.29 is 14.3 Å². The minimum atomic E-state index is -0.0957. The van der Waals surface area contributed by atoms with E-state index in [9.17, 15) is 4.79 Å². The molecule has 0 aliphatic rings. The SMILES string of the molecule is CNC(=O)c1ccc(-c2cnc(NCc3ccc(OC)cc3OC)s2)cc1. The van der Waals surface area contributed by atoms with E-state index in [1.807, 2.05) is 48.7 Å². The molecular weight excluding hydrogens is 362 g/mol. The number of thiazole rings is 1. The van der Waals surface area contributed by atoms with Gasteiger partial charge in [0.2, 0.25) is 0 Å². The Hall–Kier alpha value is -3.06. The highest BCUT2D eigenvalue weighted by molar-refractivity contribution is 7.18. The van der Waals surface area contributed by atoms with Gasteiger partial charge in [0.1, 0.15) is 11.5 Å². The van der Waals surface area contributed by atoms with Crippen LogP contribution in [0.25, 0.3) is 10.4 Å². The number of benzene rings is 2. The molecule has 140 valence electrons. The number of ether oxygens (including phenoxy) is 2. The fourth-order valence-electron chi connectivity index (χ4n) is 2.59. The third-order valence-electron chi connectivity index (χ3n) is 4.09. The number of nitrogens with one attached hydrogen (secondary N) is 2. The first-order valence-electron chi connectivity index (χ1n) is 8.37. The molecule has 2 N–H and O–H groups in total. The Morgan fingerprint density at radius 3 is 2.56 bits per heavy atom. The average molecular weight is 383 g/mol. The fourth-order valence-corrected chi connectivity index (χ4v) is 3.41. The van der Waals surface area contributed by atoms with Crippen LogP contribution in [0.5, 0.6) is 11.5 Å². The Kier molecular flexibility index (Phi) is 5.93. The van der Waals surface area contributed by atoms with Crippen LogP contribution in [-0.4, -0.2) is 32.2 Å². The largest absolute Gasteiger partial charge is 0.497 e. The van der Waals surface area contributed by atoms with Crippen LogP contribution in [0.15, 0.2) is 48.7 Å². The van der Waals surface area contributed by atoms with E-state index in [0.717, 1.165) is 32.6 Å². The summed E-state index contributed by atoms with van der Waals surface area (Å²) in [6.45, 7) is 0.593. The molecule has 0 radical (unpaired) electrons. The van der Waals surface area contributed by atoms with Crippen LogP contribution in [0.4, 0.5) is 5.13 Å². The van der Waals surface area contributed by atoms with Gasteiger partial charge in [0.15, 0.2) is 5.13 Å². The van der Waals surface area contributed by atoms with Crippen molar-refractivity contribution in [2.24, 2.45) is 0 Å². The third-order valence-corrected chi connectivity index (χ3v) is 5.09. The molecule has 0 bridgehead atoms. The number of rotatable bonds is 7. The number of nitrogens with zero attached hydrogens (tertiary/aromatic N) is 1. The average Bonchev–Trinajstić information content (AvgIpc) is 3.20. The first-order chi connectivity index (χ1) is 13.1. The summed E-state index contributed by atoms with van der Waals surface area (Å²) in [6.07, 6.45) is 1.83. The second-order valence-corrected chi connectivity index (χ2v) is 6.75. The van der Waals surface area contributed by atoms with Crippen molar-refractivity contribution in [2.45, 2.75) is 6.54 Å². The Labute approximate surface area is 162 Å². The predicted octanol–water partition coefficient (Wildman–Crippen LogP) is 3.80. The molecule has 7 heteroatoms. The first kappa shape index (κ1) is 18.7. The summed E-state index contributed by atoms with van der Waals surface area (Å²) in [5, 5.41) is 6.76. The molecule has 0 aliphatic heterocycles. The predicted molar refractivity (Wildman–Crippen MR) is 108 cm³/mol. The van der Waals surface area contributed by atoms with Crippen molar-refractivity contribution in [1.29, 1.82) is 0 Å². The van der Waals surface area contributed by atoms with Crippen molar-refractivity contribution in [3.05, 3.63) is 59.8 Å². The Bertz CT molecular complexity index is 922. The summed E-state index contributed by atoms with van der Waals surface area (Å²) in [5.74, 6) is 1.43. The van der Waals surface area contributed by atoms with Crippen LogP contribution in [0.1, 0.15) is 15.9 Å². The van der Waals surface area contributed by atoms with Gasteiger partial charge in [-0.15, -0.1) is 0 Å². The summed E-state index contributed by atoms with van der Waals surface area (Å²) in [4.78, 5) is 17.1. The van der Waals surface area contributed by atoms with E-state index in [0.29, 0.717) is 12.1 Å². The zero-order chi connectivity index (χ0) is 19.2. The molecule has 0 saturated carbocycles. The van der Waals surface area contributed by atoms with Crippen molar-refractivity contribution in [1.82, 2.24) is 10.3 Å². The monoisotopic (exact) mass is 383 g/mol. The number of hydrogen-bond acceptors (Lipinski definition) is 6. The van der Waals surface area contributed by atoms with Crippen LogP contribution in [0.3, 0.4) is 0 Å². The van der Waals surface area contributed by atoms with Gasteiger partial charge in [0.25, 0.3) is 5.91 Å². The summed E-state index contributed by atoms with van der Waals surface area (Å²) >= 11 is 1.56. The minimum absolute atomic E-state index is 0.0957. The molecule has 0 aliphatic carbocycles. The molecule has 2 aromatic carbocycles. The molecule has 3 aromatic rings. The second kappa shape index (κ2) is 8.55. The molecule has 6 nitrogen and oxygen atoms in total. The van der Waals surface area contributed by atoms with Gasteiger partial charge in [-0.3, -0.25) is 4.79 Å². The van der Waals surface area contributed by atoms with Crippen LogP contribution in [-0.2, 0) is 6.54 Å². The molecule has 1 aromatic heterocycles. The summed E-state index contributed by atoms with van der Waals surface area (Å²) in [5.41, 5.74) is 2.68. The molecule has 1 amide bonds. The Morgan fingerprint density at radius 1 is 1.11 bits per heavy atom. The molecule has 3 rings (SSSR count). The van der Waals surface area contributed by atoms with E-state index in [2.05, 4.69) is 15.6 Å². The van der Waals surface area contributed by atoms with Gasteiger partial charge < -0.3 is 20.1 Å². The fraction of sp³-hybridized carbons (Fsp3) is 0.200. The highest BCUT2D eigenvalue weighted by Gasteiger charge is 2.09. The van der Waals surface area contributed by atoms with Crippen molar-refractivity contribution in [3.8, 4) is 21.9 Å². The first-order valence-corrected chi connectivity index (χ1v) is 9.19. The summed E-state index contributed by atoms with van der Waals surface area (Å²) in [7, 11) is 4.89. The lowest BCUT2D eigenvalue weighted by molar-refractivity contribution is 0.0963. The lowest BCUT2D eigenvalue weighted by Crippen LogP contribution is -2.17. The quantitative estimate of drug-likeness (QED) is 0.649. The molecular formula is C20H21N3O3S. The van der Waals surface area contributed by atoms with Crippen LogP contribution >= 0.6 is 11.3 Å². The van der Waals surface area contributed by atoms with Gasteiger partial charge >= 0.3 is 0 Å². The van der Waals surface area contributed by atoms with E-state index in [-0.39, 0.29) is 5.91 Å². The molecule has 0 spiro atoms. The van der Waals surface area contributed by atoms with Crippen LogP contribution in [0, 0.1) is 0 Å². The van der Waals surface area contributed by atoms with Gasteiger partial charge in [-0.2, -0.15) is 0 Å². The number of carbonyl (C=O) groups excluding carboxylic acids is 1. The zero-order valence-corrected chi connectivity index (χ0v) is 16.2. The van der Waals surface area contributed by atoms with Gasteiger partial charge in [-0.25, -0.2) is 4.98 Å². The Balaban J connectivity index is 1.69. The van der Waals surface area contributed by atoms with Gasteiger partial charge in [0, 0.05) is 37.0 Å². The lowest BCUT2D eigenvalue weighted by atomic mass is 10.1. The number of hydrogen-bond donors (Lipinski definition) is 2. The van der Waals surface area contributed by atoms with Crippen LogP contribution < -0.4 is 20.1 Å². The van der Waals surface area contributed by atoms with Gasteiger partial charge in [-0.1, -0.05) is 23.5 Å². The maximum absolute atomic E-state index is 11.6. The van der Waals surface area contributed by atoms with Crippen molar-refractivity contribution in [2.75, 3.05) is 26.6 Å². The van der Waals surface area contributed by atoms with Crippen LogP contribution in [0.2, 0.25) is 0 Å². The van der Waals surface area contributed by atoms with E-state index in [1.54, 1.807) is 32.6 Å². The van der Waals surface area contributed by atoms with E-state index in [4.69, 9.17) is 9.47 Å². The number of methoxy groups -OCH3 is 2. The third kappa shape index (κ3) is 4.38. The van der Waals surface area contributed by atoms with E-state index < -0.39 is 0 Å². The number of anilines is 1. The topological polar surface area (TPSA) is 72.5 Å².